The standard InChI is InChI=1S/C21H21N3O4S/c1-13-6-5-7-14(2)19(13)28-12-17(25)22-23-20(27)21-11-10-18(26)24(21)15-8-3-4-9-16(15)29-21/h3-9H,10-12H2,1-2H3,(H,22,25)(H,23,27). The van der Waals surface area contributed by atoms with Gasteiger partial charge in [0.1, 0.15) is 5.75 Å². The van der Waals surface area contributed by atoms with Crippen LogP contribution in [0.3, 0.4) is 0 Å². The third kappa shape index (κ3) is 3.33. The molecule has 0 saturated carbocycles. The van der Waals surface area contributed by atoms with Crippen molar-refractivity contribution >= 4 is 35.2 Å². The van der Waals surface area contributed by atoms with Crippen molar-refractivity contribution < 1.29 is 19.1 Å². The maximum Gasteiger partial charge on any atom is 0.276 e. The molecule has 4 rings (SSSR count). The van der Waals surface area contributed by atoms with E-state index in [4.69, 9.17) is 4.74 Å². The Balaban J connectivity index is 1.40. The number of fused-ring (bicyclic) bond motifs is 3. The Morgan fingerprint density at radius 1 is 1.10 bits per heavy atom. The molecule has 2 N–H and O–H groups in total. The van der Waals surface area contributed by atoms with Gasteiger partial charge in [0.25, 0.3) is 11.8 Å². The summed E-state index contributed by atoms with van der Waals surface area (Å²) >= 11 is 1.34. The van der Waals surface area contributed by atoms with Gasteiger partial charge in [-0.3, -0.25) is 30.1 Å². The smallest absolute Gasteiger partial charge is 0.276 e. The second kappa shape index (κ2) is 7.44. The zero-order chi connectivity index (χ0) is 20.6. The summed E-state index contributed by atoms with van der Waals surface area (Å²) in [6.07, 6.45) is 0.671. The first kappa shape index (κ1) is 19.3. The van der Waals surface area contributed by atoms with Crippen LogP contribution in [0.15, 0.2) is 47.4 Å². The van der Waals surface area contributed by atoms with Gasteiger partial charge in [0.05, 0.1) is 5.69 Å². The van der Waals surface area contributed by atoms with Crippen molar-refractivity contribution in [2.75, 3.05) is 11.5 Å². The Morgan fingerprint density at radius 2 is 1.83 bits per heavy atom. The number of aryl methyl sites for hydroxylation is 2. The Kier molecular flexibility index (Phi) is 4.96. The number of nitrogens with zero attached hydrogens (tertiary/aromatic N) is 1. The summed E-state index contributed by atoms with van der Waals surface area (Å²) < 4.78 is 5.61. The van der Waals surface area contributed by atoms with E-state index >= 15 is 0 Å². The first-order valence-electron chi connectivity index (χ1n) is 9.32. The molecule has 2 aromatic rings. The number of benzene rings is 2. The van der Waals surface area contributed by atoms with Gasteiger partial charge in [-0.1, -0.05) is 42.1 Å². The molecule has 7 nitrogen and oxygen atoms in total. The number of carbonyl (C=O) groups is 3. The average Bonchev–Trinajstić information content (AvgIpc) is 3.21. The monoisotopic (exact) mass is 411 g/mol. The minimum absolute atomic E-state index is 0.0951. The second-order valence-electron chi connectivity index (χ2n) is 7.10. The third-order valence-corrected chi connectivity index (χ3v) is 6.57. The van der Waals surface area contributed by atoms with Crippen molar-refractivity contribution in [1.29, 1.82) is 0 Å². The van der Waals surface area contributed by atoms with Gasteiger partial charge in [-0.25, -0.2) is 0 Å². The molecule has 0 aliphatic carbocycles. The van der Waals surface area contributed by atoms with Crippen molar-refractivity contribution in [1.82, 2.24) is 10.9 Å². The lowest BCUT2D eigenvalue weighted by atomic mass is 10.1. The number of ether oxygens (including phenoxy) is 1. The number of hydrogen-bond donors (Lipinski definition) is 2. The molecule has 1 fully saturated rings. The molecule has 2 aliphatic heterocycles. The Morgan fingerprint density at radius 3 is 2.59 bits per heavy atom. The fourth-order valence-electron chi connectivity index (χ4n) is 3.72. The minimum Gasteiger partial charge on any atom is -0.483 e. The predicted octanol–water partition coefficient (Wildman–Crippen LogP) is 2.46. The van der Waals surface area contributed by atoms with E-state index in [-0.39, 0.29) is 12.5 Å². The number of amides is 3. The van der Waals surface area contributed by atoms with Gasteiger partial charge >= 0.3 is 0 Å². The van der Waals surface area contributed by atoms with Crippen molar-refractivity contribution in [3.63, 3.8) is 0 Å². The van der Waals surface area contributed by atoms with E-state index in [0.29, 0.717) is 18.6 Å². The summed E-state index contributed by atoms with van der Waals surface area (Å²) in [7, 11) is 0. The molecule has 1 saturated heterocycles. The number of thioether (sulfide) groups is 1. The number of carbonyl (C=O) groups excluding carboxylic acids is 3. The van der Waals surface area contributed by atoms with Crippen LogP contribution in [-0.4, -0.2) is 29.2 Å². The fraction of sp³-hybridized carbons (Fsp3) is 0.286. The Labute approximate surface area is 172 Å². The quantitative estimate of drug-likeness (QED) is 0.755. The van der Waals surface area contributed by atoms with Crippen molar-refractivity contribution in [3.8, 4) is 5.75 Å². The third-order valence-electron chi connectivity index (χ3n) is 5.10. The Bertz CT molecular complexity index is 989. The molecule has 0 aromatic heterocycles. The molecule has 0 bridgehead atoms. The molecule has 2 aliphatic rings. The maximum absolute atomic E-state index is 13.0. The number of anilines is 1. The van der Waals surface area contributed by atoms with Crippen LogP contribution >= 0.6 is 11.8 Å². The number of hydrogen-bond acceptors (Lipinski definition) is 5. The van der Waals surface area contributed by atoms with Gasteiger partial charge in [0.15, 0.2) is 11.5 Å². The van der Waals surface area contributed by atoms with Gasteiger partial charge in [0.2, 0.25) is 5.91 Å². The summed E-state index contributed by atoms with van der Waals surface area (Å²) in [5.41, 5.74) is 7.48. The molecule has 2 aromatic carbocycles. The summed E-state index contributed by atoms with van der Waals surface area (Å²) in [6, 6.07) is 13.2. The largest absolute Gasteiger partial charge is 0.483 e. The summed E-state index contributed by atoms with van der Waals surface area (Å²) in [6.45, 7) is 3.58. The van der Waals surface area contributed by atoms with E-state index in [1.165, 1.54) is 11.8 Å². The van der Waals surface area contributed by atoms with Gasteiger partial charge in [-0.15, -0.1) is 0 Å². The van der Waals surface area contributed by atoms with Crippen LogP contribution in [0.25, 0.3) is 0 Å². The minimum atomic E-state index is -1.07. The molecule has 0 spiro atoms. The highest BCUT2D eigenvalue weighted by molar-refractivity contribution is 8.02. The molecule has 2 heterocycles. The molecular formula is C21H21N3O4S. The second-order valence-corrected chi connectivity index (χ2v) is 8.41. The van der Waals surface area contributed by atoms with Crippen LogP contribution in [0.4, 0.5) is 5.69 Å². The van der Waals surface area contributed by atoms with E-state index in [0.717, 1.165) is 21.7 Å². The predicted molar refractivity (Wildman–Crippen MR) is 109 cm³/mol. The molecule has 3 amide bonds. The van der Waals surface area contributed by atoms with Crippen molar-refractivity contribution in [2.24, 2.45) is 0 Å². The zero-order valence-corrected chi connectivity index (χ0v) is 17.0. The van der Waals surface area contributed by atoms with E-state index in [9.17, 15) is 14.4 Å². The van der Waals surface area contributed by atoms with E-state index < -0.39 is 16.7 Å². The number of hydrazine groups is 1. The van der Waals surface area contributed by atoms with Crippen LogP contribution in [0.5, 0.6) is 5.75 Å². The van der Waals surface area contributed by atoms with Crippen molar-refractivity contribution in [3.05, 3.63) is 53.6 Å². The lowest BCUT2D eigenvalue weighted by Crippen LogP contribution is -2.57. The molecule has 1 unspecified atom stereocenters. The lowest BCUT2D eigenvalue weighted by molar-refractivity contribution is -0.131. The van der Waals surface area contributed by atoms with Crippen LogP contribution in [0.1, 0.15) is 24.0 Å². The van der Waals surface area contributed by atoms with Gasteiger partial charge < -0.3 is 4.74 Å². The normalized spacial score (nSPS) is 19.5. The lowest BCUT2D eigenvalue weighted by Gasteiger charge is -2.29. The highest BCUT2D eigenvalue weighted by atomic mass is 32.2. The molecule has 29 heavy (non-hydrogen) atoms. The highest BCUT2D eigenvalue weighted by Crippen LogP contribution is 2.55. The Hall–Kier alpha value is -3.00. The first-order valence-corrected chi connectivity index (χ1v) is 10.1. The summed E-state index contributed by atoms with van der Waals surface area (Å²) in [5, 5.41) is 0. The zero-order valence-electron chi connectivity index (χ0n) is 16.2. The van der Waals surface area contributed by atoms with Crippen LogP contribution in [-0.2, 0) is 14.4 Å². The van der Waals surface area contributed by atoms with Gasteiger partial charge in [-0.2, -0.15) is 0 Å². The summed E-state index contributed by atoms with van der Waals surface area (Å²) in [4.78, 5) is 38.9. The maximum atomic E-state index is 13.0. The van der Waals surface area contributed by atoms with E-state index in [2.05, 4.69) is 10.9 Å². The SMILES string of the molecule is Cc1cccc(C)c1OCC(=O)NNC(=O)C12CCC(=O)N1c1ccccc1S2. The van der Waals surface area contributed by atoms with Crippen LogP contribution in [0.2, 0.25) is 0 Å². The molecule has 150 valence electrons. The van der Waals surface area contributed by atoms with Crippen LogP contribution in [0, 0.1) is 13.8 Å². The van der Waals surface area contributed by atoms with E-state index in [1.54, 1.807) is 4.90 Å². The number of nitrogens with one attached hydrogen (secondary N) is 2. The van der Waals surface area contributed by atoms with Gasteiger partial charge in [-0.05, 0) is 43.5 Å². The highest BCUT2D eigenvalue weighted by Gasteiger charge is 2.57. The molecule has 1 atom stereocenters. The number of rotatable bonds is 4. The molecular weight excluding hydrogens is 390 g/mol. The van der Waals surface area contributed by atoms with Gasteiger partial charge in [0, 0.05) is 11.3 Å². The first-order chi connectivity index (χ1) is 13.9. The fourth-order valence-corrected chi connectivity index (χ4v) is 5.14. The number of para-hydroxylation sites is 2. The average molecular weight is 411 g/mol. The van der Waals surface area contributed by atoms with Crippen LogP contribution < -0.4 is 20.5 Å². The molecule has 8 heteroatoms. The van der Waals surface area contributed by atoms with Crippen molar-refractivity contribution in [2.45, 2.75) is 36.5 Å². The van der Waals surface area contributed by atoms with E-state index in [1.807, 2.05) is 56.3 Å². The molecule has 0 radical (unpaired) electrons. The summed E-state index contributed by atoms with van der Waals surface area (Å²) in [5.74, 6) is -0.344. The topological polar surface area (TPSA) is 87.7 Å².